The maximum Gasteiger partial charge on any atom is 0.252 e. The summed E-state index contributed by atoms with van der Waals surface area (Å²) in [6.45, 7) is 5.88. The molecule has 184 valence electrons. The molecular weight excluding hydrogens is 432 g/mol. The van der Waals surface area contributed by atoms with Crippen LogP contribution in [0.3, 0.4) is 0 Å². The minimum Gasteiger partial charge on any atom is -0.494 e. The van der Waals surface area contributed by atoms with Crippen molar-refractivity contribution in [3.05, 3.63) is 46.0 Å². The molecule has 0 spiro atoms. The highest BCUT2D eigenvalue weighted by Gasteiger charge is 2.30. The third kappa shape index (κ3) is 5.47. The van der Waals surface area contributed by atoms with Crippen LogP contribution in [-0.2, 0) is 6.54 Å². The van der Waals surface area contributed by atoms with E-state index in [1.165, 1.54) is 12.8 Å². The Kier molecular flexibility index (Phi) is 8.29. The van der Waals surface area contributed by atoms with Crippen molar-refractivity contribution < 1.29 is 9.84 Å². The lowest BCUT2D eigenvalue weighted by Crippen LogP contribution is -2.34. The van der Waals surface area contributed by atoms with Gasteiger partial charge in [0.15, 0.2) is 5.82 Å². The van der Waals surface area contributed by atoms with E-state index in [1.807, 2.05) is 35.9 Å². The molecule has 0 radical (unpaired) electrons. The van der Waals surface area contributed by atoms with Crippen LogP contribution in [0.5, 0.6) is 5.75 Å². The topological polar surface area (TPSA) is 109 Å². The zero-order chi connectivity index (χ0) is 23.9. The lowest BCUT2D eigenvalue weighted by Gasteiger charge is -2.31. The van der Waals surface area contributed by atoms with Crippen LogP contribution in [0.2, 0.25) is 0 Å². The lowest BCUT2D eigenvalue weighted by molar-refractivity contribution is 0.145. The summed E-state index contributed by atoms with van der Waals surface area (Å²) >= 11 is 0. The number of benzene rings is 1. The van der Waals surface area contributed by atoms with E-state index >= 15 is 0 Å². The molecule has 9 nitrogen and oxygen atoms in total. The summed E-state index contributed by atoms with van der Waals surface area (Å²) in [4.78, 5) is 18.3. The number of hydrogen-bond donors (Lipinski definition) is 2. The minimum atomic E-state index is -0.101. The SMILES string of the molecule is CCCC(c1nnnn1C1CCCC1)N(CCCO)Cc1cc2cc(OCC)ccc2[nH]c1=O. The number of pyridine rings is 1. The van der Waals surface area contributed by atoms with Crippen LogP contribution >= 0.6 is 0 Å². The molecule has 0 bridgehead atoms. The summed E-state index contributed by atoms with van der Waals surface area (Å²) in [6.07, 6.45) is 7.05. The second kappa shape index (κ2) is 11.6. The highest BCUT2D eigenvalue weighted by molar-refractivity contribution is 5.80. The Morgan fingerprint density at radius 3 is 2.82 bits per heavy atom. The van der Waals surface area contributed by atoms with E-state index in [4.69, 9.17) is 4.74 Å². The molecule has 1 aromatic carbocycles. The van der Waals surface area contributed by atoms with Crippen LogP contribution in [0, 0.1) is 0 Å². The zero-order valence-electron chi connectivity index (χ0n) is 20.2. The number of tetrazole rings is 1. The number of nitrogens with one attached hydrogen (secondary N) is 1. The van der Waals surface area contributed by atoms with Crippen LogP contribution in [0.15, 0.2) is 29.1 Å². The monoisotopic (exact) mass is 468 g/mol. The summed E-state index contributed by atoms with van der Waals surface area (Å²) in [6, 6.07) is 7.97. The molecule has 2 N–H and O–H groups in total. The smallest absolute Gasteiger partial charge is 0.252 e. The molecule has 9 heteroatoms. The Hall–Kier alpha value is -2.78. The van der Waals surface area contributed by atoms with Gasteiger partial charge in [-0.2, -0.15) is 0 Å². The molecule has 0 saturated heterocycles. The van der Waals surface area contributed by atoms with Gasteiger partial charge in [-0.3, -0.25) is 9.69 Å². The van der Waals surface area contributed by atoms with E-state index in [0.29, 0.717) is 37.7 Å². The number of aromatic nitrogens is 5. The van der Waals surface area contributed by atoms with Crippen LogP contribution in [0.4, 0.5) is 0 Å². The van der Waals surface area contributed by atoms with Gasteiger partial charge >= 0.3 is 0 Å². The average molecular weight is 469 g/mol. The Morgan fingerprint density at radius 2 is 2.09 bits per heavy atom. The Morgan fingerprint density at radius 1 is 1.26 bits per heavy atom. The van der Waals surface area contributed by atoms with Gasteiger partial charge in [0.1, 0.15) is 5.75 Å². The number of H-pyrrole nitrogens is 1. The lowest BCUT2D eigenvalue weighted by atomic mass is 10.1. The van der Waals surface area contributed by atoms with E-state index < -0.39 is 0 Å². The molecule has 2 aromatic heterocycles. The minimum absolute atomic E-state index is 0.0306. The number of aliphatic hydroxyl groups excluding tert-OH is 1. The number of hydrogen-bond acceptors (Lipinski definition) is 7. The molecule has 34 heavy (non-hydrogen) atoms. The van der Waals surface area contributed by atoms with E-state index in [1.54, 1.807) is 0 Å². The molecule has 4 rings (SSSR count). The highest BCUT2D eigenvalue weighted by atomic mass is 16.5. The molecule has 1 fully saturated rings. The molecule has 1 atom stereocenters. The largest absolute Gasteiger partial charge is 0.494 e. The van der Waals surface area contributed by atoms with E-state index in [-0.39, 0.29) is 18.2 Å². The maximum atomic E-state index is 13.0. The van der Waals surface area contributed by atoms with Gasteiger partial charge in [0.2, 0.25) is 0 Å². The first-order valence-electron chi connectivity index (χ1n) is 12.6. The second-order valence-electron chi connectivity index (χ2n) is 9.08. The van der Waals surface area contributed by atoms with Gasteiger partial charge in [0, 0.05) is 36.2 Å². The van der Waals surface area contributed by atoms with Gasteiger partial charge in [-0.25, -0.2) is 4.68 Å². The number of nitrogens with zero attached hydrogens (tertiary/aromatic N) is 5. The quantitative estimate of drug-likeness (QED) is 0.417. The predicted molar refractivity (Wildman–Crippen MR) is 131 cm³/mol. The predicted octanol–water partition coefficient (Wildman–Crippen LogP) is 3.75. The number of ether oxygens (including phenoxy) is 1. The van der Waals surface area contributed by atoms with Gasteiger partial charge < -0.3 is 14.8 Å². The van der Waals surface area contributed by atoms with Gasteiger partial charge in [0.05, 0.1) is 18.7 Å². The fraction of sp³-hybridized carbons (Fsp3) is 0.600. The second-order valence-corrected chi connectivity index (χ2v) is 9.08. The molecule has 3 aromatic rings. The Bertz CT molecular complexity index is 1120. The maximum absolute atomic E-state index is 13.0. The Balaban J connectivity index is 1.68. The van der Waals surface area contributed by atoms with Crippen LogP contribution in [0.25, 0.3) is 10.9 Å². The summed E-state index contributed by atoms with van der Waals surface area (Å²) < 4.78 is 7.66. The van der Waals surface area contributed by atoms with Crippen molar-refractivity contribution in [1.29, 1.82) is 0 Å². The summed E-state index contributed by atoms with van der Waals surface area (Å²) in [5.41, 5.74) is 1.37. The third-order valence-electron chi connectivity index (χ3n) is 6.67. The normalized spacial score (nSPS) is 15.4. The molecular formula is C25H36N6O3. The van der Waals surface area contributed by atoms with Crippen molar-refractivity contribution >= 4 is 10.9 Å². The number of aromatic amines is 1. The van der Waals surface area contributed by atoms with Gasteiger partial charge in [-0.05, 0) is 67.3 Å². The van der Waals surface area contributed by atoms with Gasteiger partial charge in [-0.1, -0.05) is 26.2 Å². The first-order chi connectivity index (χ1) is 16.6. The first-order valence-corrected chi connectivity index (χ1v) is 12.6. The standard InChI is InChI=1S/C25H36N6O3/c1-3-8-23(24-27-28-29-31(24)20-9-5-6-10-20)30(13-7-14-32)17-19-15-18-16-21(34-4-2)11-12-22(18)26-25(19)33/h11-12,15-16,20,23,32H,3-10,13-14,17H2,1-2H3,(H,26,33). The molecule has 2 heterocycles. The number of aliphatic hydroxyl groups is 1. The fourth-order valence-corrected chi connectivity index (χ4v) is 5.02. The highest BCUT2D eigenvalue weighted by Crippen LogP contribution is 2.33. The van der Waals surface area contributed by atoms with Crippen molar-refractivity contribution in [2.75, 3.05) is 19.8 Å². The molecule has 1 unspecified atom stereocenters. The van der Waals surface area contributed by atoms with Crippen molar-refractivity contribution in [2.45, 2.75) is 77.4 Å². The molecule has 0 amide bonds. The molecule has 1 aliphatic carbocycles. The van der Waals surface area contributed by atoms with Crippen LogP contribution in [-0.4, -0.2) is 55.0 Å². The van der Waals surface area contributed by atoms with Crippen molar-refractivity contribution in [3.63, 3.8) is 0 Å². The average Bonchev–Trinajstić information content (AvgIpc) is 3.53. The van der Waals surface area contributed by atoms with E-state index in [0.717, 1.165) is 48.2 Å². The summed E-state index contributed by atoms with van der Waals surface area (Å²) in [5, 5.41) is 23.3. The Labute approximate surface area is 200 Å². The molecule has 0 aliphatic heterocycles. The van der Waals surface area contributed by atoms with Crippen molar-refractivity contribution in [2.24, 2.45) is 0 Å². The fourth-order valence-electron chi connectivity index (χ4n) is 5.02. The van der Waals surface area contributed by atoms with Crippen molar-refractivity contribution in [1.82, 2.24) is 30.1 Å². The van der Waals surface area contributed by atoms with Crippen LogP contribution < -0.4 is 10.3 Å². The number of fused-ring (bicyclic) bond motifs is 1. The first kappa shape index (κ1) is 24.3. The van der Waals surface area contributed by atoms with E-state index in [2.05, 4.69) is 32.3 Å². The van der Waals surface area contributed by atoms with Crippen molar-refractivity contribution in [3.8, 4) is 5.75 Å². The van der Waals surface area contributed by atoms with Gasteiger partial charge in [0.25, 0.3) is 5.56 Å². The summed E-state index contributed by atoms with van der Waals surface area (Å²) in [5.74, 6) is 1.65. The van der Waals surface area contributed by atoms with Crippen LogP contribution in [0.1, 0.15) is 82.3 Å². The third-order valence-corrected chi connectivity index (χ3v) is 6.67. The number of rotatable bonds is 12. The summed E-state index contributed by atoms with van der Waals surface area (Å²) in [7, 11) is 0. The van der Waals surface area contributed by atoms with E-state index in [9.17, 15) is 9.90 Å². The van der Waals surface area contributed by atoms with Gasteiger partial charge in [-0.15, -0.1) is 5.10 Å². The zero-order valence-corrected chi connectivity index (χ0v) is 20.2. The molecule has 1 aliphatic rings. The molecule has 1 saturated carbocycles.